The molecule has 0 aliphatic heterocycles. The van der Waals surface area contributed by atoms with Crippen LogP contribution >= 0.6 is 0 Å². The molecule has 0 aliphatic rings. The Balaban J connectivity index is 0.000000433. The van der Waals surface area contributed by atoms with E-state index in [4.69, 9.17) is 4.74 Å². The van der Waals surface area contributed by atoms with E-state index >= 15 is 0 Å². The Labute approximate surface area is 430 Å². The monoisotopic (exact) mass is 1180 g/mol. The first-order chi connectivity index (χ1) is 35.7. The largest absolute Gasteiger partial charge is 0.427 e. The molecule has 6 aromatic carbocycles. The van der Waals surface area contributed by atoms with E-state index in [-0.39, 0.29) is 5.97 Å². The number of benzene rings is 6. The normalized spacial score (nSPS) is 13.8. The van der Waals surface area contributed by atoms with Gasteiger partial charge >= 0.3 is 55.4 Å². The molecule has 0 bridgehead atoms. The van der Waals surface area contributed by atoms with Crippen LogP contribution in [0.15, 0.2) is 127 Å². The van der Waals surface area contributed by atoms with Crippen molar-refractivity contribution in [2.24, 2.45) is 0 Å². The molecule has 0 spiro atoms. The van der Waals surface area contributed by atoms with Gasteiger partial charge in [-0.3, -0.25) is 4.79 Å². The lowest BCUT2D eigenvalue weighted by Gasteiger charge is -2.46. The first kappa shape index (κ1) is 62.7. The highest BCUT2D eigenvalue weighted by atomic mass is 32.2. The van der Waals surface area contributed by atoms with Gasteiger partial charge in [-0.1, -0.05) is 83.1 Å². The molecule has 29 heteroatoms. The number of hydrogen-bond acceptors (Lipinski definition) is 3. The Morgan fingerprint density at radius 3 is 0.899 bits per heavy atom. The molecular weight excluding hydrogens is 1150 g/mol. The van der Waals surface area contributed by atoms with Gasteiger partial charge in [0.2, 0.25) is 0 Å². The summed E-state index contributed by atoms with van der Waals surface area (Å²) in [5, 5.41) is 2.86. The van der Waals surface area contributed by atoms with Gasteiger partial charge in [-0.25, -0.2) is 0 Å². The van der Waals surface area contributed by atoms with Crippen LogP contribution in [-0.4, -0.2) is 18.4 Å². The molecule has 0 aliphatic carbocycles. The zero-order valence-corrected chi connectivity index (χ0v) is 39.9. The van der Waals surface area contributed by atoms with Crippen LogP contribution in [0.3, 0.4) is 0 Å². The summed E-state index contributed by atoms with van der Waals surface area (Å²) in [6, 6.07) is 7.65. The minimum atomic E-state index is -6.13. The molecule has 0 amide bonds. The number of alkyl halides is 24. The van der Waals surface area contributed by atoms with Crippen LogP contribution in [0.4, 0.5) is 105 Å². The fourth-order valence-electron chi connectivity index (χ4n) is 7.93. The Hall–Kier alpha value is -7.12. The van der Waals surface area contributed by atoms with Crippen LogP contribution in [-0.2, 0) is 74.1 Å². The highest BCUT2D eigenvalue weighted by Gasteiger charge is 2.47. The minimum Gasteiger partial charge on any atom is -0.427 e. The molecule has 0 radical (unpaired) electrons. The Morgan fingerprint density at radius 2 is 0.671 bits per heavy atom. The van der Waals surface area contributed by atoms with Crippen molar-refractivity contribution >= 4 is 43.9 Å². The van der Waals surface area contributed by atoms with E-state index in [2.05, 4.69) is 11.2 Å². The van der Waals surface area contributed by atoms with Crippen LogP contribution in [0.1, 0.15) is 62.6 Å². The van der Waals surface area contributed by atoms with Crippen LogP contribution in [0.5, 0.6) is 5.75 Å². The van der Waals surface area contributed by atoms with Gasteiger partial charge in [-0.05, 0) is 54.5 Å². The van der Waals surface area contributed by atoms with Gasteiger partial charge in [0.1, 0.15) is 23.9 Å². The zero-order chi connectivity index (χ0) is 59.9. The van der Waals surface area contributed by atoms with E-state index in [9.17, 15) is 114 Å². The van der Waals surface area contributed by atoms with Crippen molar-refractivity contribution in [3.63, 3.8) is 0 Å². The second-order valence-corrected chi connectivity index (χ2v) is 19.7. The van der Waals surface area contributed by atoms with Gasteiger partial charge in [-0.2, -0.15) is 127 Å². The summed E-state index contributed by atoms with van der Waals surface area (Å²) < 4.78 is 358. The molecule has 6 rings (SSSR count). The van der Waals surface area contributed by atoms with Crippen LogP contribution in [0, 0.1) is 11.2 Å². The molecule has 1 atom stereocenters. The number of hydrogen-bond donors (Lipinski definition) is 0. The number of esters is 1. The van der Waals surface area contributed by atoms with E-state index in [0.717, 1.165) is 11.1 Å². The fraction of sp³-hybridized carbons (Fsp3) is 0.220. The van der Waals surface area contributed by atoms with Crippen molar-refractivity contribution in [2.45, 2.75) is 62.1 Å². The predicted molar refractivity (Wildman–Crippen MR) is 239 cm³/mol. The molecule has 1 unspecified atom stereocenters. The molecule has 0 N–H and O–H groups in total. The minimum absolute atomic E-state index is 0.360. The van der Waals surface area contributed by atoms with Crippen molar-refractivity contribution in [1.29, 1.82) is 0 Å². The molecule has 3 nitrogen and oxygen atoms in total. The average Bonchev–Trinajstić information content (AvgIpc) is 3.43. The smallest absolute Gasteiger partial charge is 0.416 e. The van der Waals surface area contributed by atoms with Gasteiger partial charge in [-0.15, -0.1) is 0 Å². The van der Waals surface area contributed by atoms with Crippen molar-refractivity contribution < 1.29 is 119 Å². The summed E-state index contributed by atoms with van der Waals surface area (Å²) in [5.41, 5.74) is -28.5. The lowest BCUT2D eigenvalue weighted by atomic mass is 9.12. The summed E-state index contributed by atoms with van der Waals surface area (Å²) in [4.78, 5) is 10.9. The first-order valence-corrected chi connectivity index (χ1v) is 23.5. The first-order valence-electron chi connectivity index (χ1n) is 21.4. The van der Waals surface area contributed by atoms with E-state index in [1.54, 1.807) is 30.5 Å². The zero-order valence-electron chi connectivity index (χ0n) is 39.1. The summed E-state index contributed by atoms with van der Waals surface area (Å²) in [5.74, 6) is 3.44. The number of carbonyl (C=O) groups excluding carboxylic acids is 1. The van der Waals surface area contributed by atoms with Crippen molar-refractivity contribution in [1.82, 2.24) is 0 Å². The summed E-state index contributed by atoms with van der Waals surface area (Å²) >= 11 is 0. The molecule has 0 heterocycles. The molecular formula is C50H29BF24O3S. The number of halogens is 24. The summed E-state index contributed by atoms with van der Waals surface area (Å²) in [7, 11) is -2.29. The number of ether oxygens (including phenoxy) is 1. The van der Waals surface area contributed by atoms with Crippen molar-refractivity contribution in [2.75, 3.05) is 6.26 Å². The molecule has 79 heavy (non-hydrogen) atoms. The quantitative estimate of drug-likeness (QED) is 0.0400. The van der Waals surface area contributed by atoms with Crippen LogP contribution in [0.2, 0.25) is 0 Å². The summed E-state index contributed by atoms with van der Waals surface area (Å²) in [6.45, 7) is 1.35. The highest BCUT2D eigenvalue weighted by molar-refractivity contribution is 8.05. The average molecular weight is 1180 g/mol. The summed E-state index contributed by atoms with van der Waals surface area (Å²) in [6.07, 6.45) is -53.2. The lowest BCUT2D eigenvalue weighted by molar-refractivity contribution is -0.144. The highest BCUT2D eigenvalue weighted by Crippen LogP contribution is 2.41. The Morgan fingerprint density at radius 1 is 0.418 bits per heavy atom. The van der Waals surface area contributed by atoms with Gasteiger partial charge in [0.15, 0.2) is 15.2 Å². The van der Waals surface area contributed by atoms with Gasteiger partial charge in [0.25, 0.3) is 0 Å². The molecule has 424 valence electrons. The van der Waals surface area contributed by atoms with Gasteiger partial charge < -0.3 is 4.74 Å². The van der Waals surface area contributed by atoms with Gasteiger partial charge in [0, 0.05) is 18.1 Å². The maximum Gasteiger partial charge on any atom is 0.416 e. The van der Waals surface area contributed by atoms with Crippen LogP contribution < -0.4 is 26.6 Å². The van der Waals surface area contributed by atoms with E-state index in [1.807, 2.05) is 30.3 Å². The second-order valence-electron chi connectivity index (χ2n) is 17.2. The topological polar surface area (TPSA) is 43.4 Å². The number of carbonyl (C=O) groups is 1. The molecule has 6 aromatic rings. The third-order valence-corrected chi connectivity index (χ3v) is 12.7. The van der Waals surface area contributed by atoms with Crippen molar-refractivity contribution in [3.05, 3.63) is 183 Å². The maximum absolute atomic E-state index is 14.2. The predicted octanol–water partition coefficient (Wildman–Crippen LogP) is 14.5. The second kappa shape index (κ2) is 21.8. The van der Waals surface area contributed by atoms with Crippen LogP contribution in [0.25, 0.3) is 0 Å². The van der Waals surface area contributed by atoms with E-state index in [1.165, 1.54) is 6.92 Å². The lowest BCUT2D eigenvalue weighted by Crippen LogP contribution is -2.75. The Bertz CT molecular complexity index is 2860. The van der Waals surface area contributed by atoms with Gasteiger partial charge in [0.05, 0.1) is 44.5 Å². The molecule has 0 fully saturated rings. The third kappa shape index (κ3) is 15.8. The third-order valence-electron chi connectivity index (χ3n) is 11.3. The van der Waals surface area contributed by atoms with E-state index in [0.29, 0.717) is 11.5 Å². The fourth-order valence-corrected chi connectivity index (χ4v) is 9.17. The van der Waals surface area contributed by atoms with E-state index < -0.39 is 205 Å². The molecule has 0 aromatic heterocycles. The molecule has 0 saturated carbocycles. The van der Waals surface area contributed by atoms with Crippen molar-refractivity contribution in [3.8, 4) is 16.9 Å². The Kier molecular flexibility index (Phi) is 17.3. The molecule has 0 saturated heterocycles. The standard InChI is InChI=1S/C32H12BF24.C18H17O3S/c34-25(35,36)13-1-14(26(37,38)39)6-21(5-13)33(22-7-15(27(40,41)42)2-16(8-22)28(43,44)45,23-9-17(29(46,47)48)3-18(10-23)30(49,50)51)24-11-19(31(52,53)54)4-20(12-24)32(55,56)57;1-15(19)21-18-10-8-17(9-11-18)14-22(2,20)13-12-16-6-4-3-5-7-16/h1-12H;3-11H,14H2,1-2H3/q-1;+1. The SMILES string of the molecule is CC(=O)Oc1ccc(C[S+](C)(=O)C#Cc2ccccc2)cc1.FC(F)(F)c1cc([B-](c2cc(C(F)(F)F)cc(C(F)(F)F)c2)(c2cc(C(F)(F)F)cc(C(F)(F)F)c2)c2cc(C(F)(F)F)cc(C(F)(F)F)c2)cc(C(F)(F)F)c1. The number of rotatable bonds is 7. The maximum atomic E-state index is 14.2.